The molecule has 0 spiro atoms. The van der Waals surface area contributed by atoms with Crippen LogP contribution in [-0.4, -0.2) is 0 Å². The fourth-order valence-corrected chi connectivity index (χ4v) is 2.36. The summed E-state index contributed by atoms with van der Waals surface area (Å²) in [6, 6.07) is 15.3. The monoisotopic (exact) mass is 292 g/mol. The minimum absolute atomic E-state index is 0.317. The molecule has 0 saturated heterocycles. The average Bonchev–Trinajstić information content (AvgIpc) is 2.50. The number of aryl methyl sites for hydroxylation is 2. The fourth-order valence-electron chi connectivity index (χ4n) is 2.36. The number of anilines is 4. The molecule has 110 valence electrons. The SMILES string of the molecule is Cc1cccc(Nc2c(Nc3cccc(C)c3)c(=O)c2=O)c1. The first kappa shape index (κ1) is 14.1. The van der Waals surface area contributed by atoms with Crippen LogP contribution in [0.15, 0.2) is 58.1 Å². The van der Waals surface area contributed by atoms with Gasteiger partial charge < -0.3 is 10.6 Å². The molecule has 0 atom stereocenters. The van der Waals surface area contributed by atoms with Crippen LogP contribution in [-0.2, 0) is 0 Å². The van der Waals surface area contributed by atoms with Crippen molar-refractivity contribution in [2.75, 3.05) is 10.6 Å². The highest BCUT2D eigenvalue weighted by Gasteiger charge is 2.21. The van der Waals surface area contributed by atoms with Gasteiger partial charge in [0.2, 0.25) is 0 Å². The number of nitrogens with one attached hydrogen (secondary N) is 2. The van der Waals surface area contributed by atoms with Gasteiger partial charge in [0.15, 0.2) is 0 Å². The van der Waals surface area contributed by atoms with Crippen LogP contribution >= 0.6 is 0 Å². The Hall–Kier alpha value is -2.88. The Morgan fingerprint density at radius 3 is 1.45 bits per heavy atom. The molecule has 0 unspecified atom stereocenters. The van der Waals surface area contributed by atoms with E-state index in [1.54, 1.807) is 0 Å². The molecule has 0 bridgehead atoms. The third kappa shape index (κ3) is 2.63. The Bertz CT molecular complexity index is 830. The van der Waals surface area contributed by atoms with Crippen molar-refractivity contribution in [1.29, 1.82) is 0 Å². The Morgan fingerprint density at radius 1 is 0.682 bits per heavy atom. The highest BCUT2D eigenvalue weighted by Crippen LogP contribution is 2.24. The van der Waals surface area contributed by atoms with Gasteiger partial charge in [-0.1, -0.05) is 24.3 Å². The van der Waals surface area contributed by atoms with Crippen LogP contribution in [0.25, 0.3) is 0 Å². The van der Waals surface area contributed by atoms with Gasteiger partial charge in [-0.3, -0.25) is 9.59 Å². The molecule has 0 radical (unpaired) electrons. The summed E-state index contributed by atoms with van der Waals surface area (Å²) in [6.07, 6.45) is 0. The van der Waals surface area contributed by atoms with E-state index < -0.39 is 10.9 Å². The molecular weight excluding hydrogens is 276 g/mol. The summed E-state index contributed by atoms with van der Waals surface area (Å²) < 4.78 is 0. The quantitative estimate of drug-likeness (QED) is 0.724. The second kappa shape index (κ2) is 5.48. The first-order chi connectivity index (χ1) is 10.5. The van der Waals surface area contributed by atoms with Crippen LogP contribution in [0.4, 0.5) is 22.7 Å². The largest absolute Gasteiger partial charge is 0.350 e. The number of hydrogen-bond acceptors (Lipinski definition) is 4. The van der Waals surface area contributed by atoms with E-state index in [0.29, 0.717) is 11.4 Å². The van der Waals surface area contributed by atoms with Gasteiger partial charge in [-0.05, 0) is 49.2 Å². The molecule has 4 heteroatoms. The summed E-state index contributed by atoms with van der Waals surface area (Å²) in [5.41, 5.74) is 3.40. The van der Waals surface area contributed by atoms with Gasteiger partial charge in [-0.2, -0.15) is 0 Å². The summed E-state index contributed by atoms with van der Waals surface area (Å²) in [5.74, 6) is 0. The highest BCUT2D eigenvalue weighted by atomic mass is 16.2. The molecule has 0 fully saturated rings. The molecule has 0 aliphatic rings. The molecule has 0 aliphatic carbocycles. The van der Waals surface area contributed by atoms with Crippen molar-refractivity contribution in [2.24, 2.45) is 0 Å². The van der Waals surface area contributed by atoms with Crippen molar-refractivity contribution < 1.29 is 0 Å². The van der Waals surface area contributed by atoms with Crippen molar-refractivity contribution in [3.8, 4) is 0 Å². The summed E-state index contributed by atoms with van der Waals surface area (Å²) in [4.78, 5) is 23.6. The Morgan fingerprint density at radius 2 is 1.09 bits per heavy atom. The van der Waals surface area contributed by atoms with Gasteiger partial charge in [0.25, 0.3) is 10.9 Å². The second-order valence-corrected chi connectivity index (χ2v) is 5.40. The highest BCUT2D eigenvalue weighted by molar-refractivity contribution is 5.82. The lowest BCUT2D eigenvalue weighted by Gasteiger charge is -2.15. The Labute approximate surface area is 128 Å². The van der Waals surface area contributed by atoms with Gasteiger partial charge in [0.05, 0.1) is 0 Å². The van der Waals surface area contributed by atoms with E-state index >= 15 is 0 Å². The third-order valence-electron chi connectivity index (χ3n) is 3.49. The number of rotatable bonds is 4. The molecule has 0 amide bonds. The maximum atomic E-state index is 11.8. The normalized spacial score (nSPS) is 10.6. The zero-order chi connectivity index (χ0) is 15.7. The van der Waals surface area contributed by atoms with Crippen molar-refractivity contribution >= 4 is 22.7 Å². The summed E-state index contributed by atoms with van der Waals surface area (Å²) >= 11 is 0. The predicted molar refractivity (Wildman–Crippen MR) is 90.3 cm³/mol. The molecule has 0 aromatic heterocycles. The second-order valence-electron chi connectivity index (χ2n) is 5.40. The first-order valence-corrected chi connectivity index (χ1v) is 7.05. The van der Waals surface area contributed by atoms with Gasteiger partial charge in [-0.15, -0.1) is 0 Å². The molecule has 3 rings (SSSR count). The van der Waals surface area contributed by atoms with Crippen LogP contribution in [0.1, 0.15) is 11.1 Å². The minimum atomic E-state index is -0.489. The standard InChI is InChI=1S/C18H16N2O2/c1-11-5-3-7-13(9-11)19-15-16(18(22)17(15)21)20-14-8-4-6-12(2)10-14/h3-10,19-20H,1-2H3. The predicted octanol–water partition coefficient (Wildman–Crippen LogP) is 3.39. The molecule has 3 aromatic carbocycles. The van der Waals surface area contributed by atoms with Crippen molar-refractivity contribution in [2.45, 2.75) is 13.8 Å². The molecule has 22 heavy (non-hydrogen) atoms. The zero-order valence-electron chi connectivity index (χ0n) is 12.4. The van der Waals surface area contributed by atoms with E-state index in [1.807, 2.05) is 62.4 Å². The molecule has 0 heterocycles. The fraction of sp³-hybridized carbons (Fsp3) is 0.111. The van der Waals surface area contributed by atoms with Gasteiger partial charge in [-0.25, -0.2) is 0 Å². The maximum absolute atomic E-state index is 11.8. The smallest absolute Gasteiger partial charge is 0.253 e. The number of benzene rings is 2. The minimum Gasteiger partial charge on any atom is -0.350 e. The van der Waals surface area contributed by atoms with Gasteiger partial charge in [0, 0.05) is 11.4 Å². The van der Waals surface area contributed by atoms with Crippen molar-refractivity contribution in [1.82, 2.24) is 0 Å². The van der Waals surface area contributed by atoms with Crippen molar-refractivity contribution in [3.05, 3.63) is 80.1 Å². The zero-order valence-corrected chi connectivity index (χ0v) is 12.4. The molecule has 0 aliphatic heterocycles. The van der Waals surface area contributed by atoms with E-state index in [1.165, 1.54) is 0 Å². The van der Waals surface area contributed by atoms with Crippen molar-refractivity contribution in [3.63, 3.8) is 0 Å². The maximum Gasteiger partial charge on any atom is 0.253 e. The van der Waals surface area contributed by atoms with Crippen LogP contribution in [0, 0.1) is 13.8 Å². The van der Waals surface area contributed by atoms with E-state index in [9.17, 15) is 9.59 Å². The van der Waals surface area contributed by atoms with E-state index in [0.717, 1.165) is 22.5 Å². The van der Waals surface area contributed by atoms with Crippen LogP contribution in [0.5, 0.6) is 0 Å². The Kier molecular flexibility index (Phi) is 3.51. The third-order valence-corrected chi connectivity index (χ3v) is 3.49. The Balaban J connectivity index is 1.89. The van der Waals surface area contributed by atoms with E-state index in [-0.39, 0.29) is 0 Å². The molecule has 3 aromatic rings. The summed E-state index contributed by atoms with van der Waals surface area (Å²) in [7, 11) is 0. The van der Waals surface area contributed by atoms with Gasteiger partial charge in [0.1, 0.15) is 11.4 Å². The lowest BCUT2D eigenvalue weighted by Crippen LogP contribution is -2.35. The average molecular weight is 292 g/mol. The topological polar surface area (TPSA) is 58.2 Å². The molecule has 2 N–H and O–H groups in total. The lowest BCUT2D eigenvalue weighted by atomic mass is 10.1. The first-order valence-electron chi connectivity index (χ1n) is 7.05. The lowest BCUT2D eigenvalue weighted by molar-refractivity contribution is 1.34. The van der Waals surface area contributed by atoms with Gasteiger partial charge >= 0.3 is 0 Å². The van der Waals surface area contributed by atoms with Crippen LogP contribution in [0.3, 0.4) is 0 Å². The summed E-state index contributed by atoms with van der Waals surface area (Å²) in [5, 5.41) is 6.06. The number of hydrogen-bond donors (Lipinski definition) is 2. The molecule has 0 saturated carbocycles. The molecule has 4 nitrogen and oxygen atoms in total. The van der Waals surface area contributed by atoms with Crippen LogP contribution < -0.4 is 21.5 Å². The summed E-state index contributed by atoms with van der Waals surface area (Å²) in [6.45, 7) is 3.94. The van der Waals surface area contributed by atoms with Crippen LogP contribution in [0.2, 0.25) is 0 Å². The molecular formula is C18H16N2O2. The van der Waals surface area contributed by atoms with E-state index in [2.05, 4.69) is 10.6 Å². The van der Waals surface area contributed by atoms with E-state index in [4.69, 9.17) is 0 Å².